The van der Waals surface area contributed by atoms with E-state index in [9.17, 15) is 4.79 Å². The first-order chi connectivity index (χ1) is 9.92. The highest BCUT2D eigenvalue weighted by molar-refractivity contribution is 5.96. The molecule has 0 aliphatic rings. The average molecular weight is 287 g/mol. The smallest absolute Gasteiger partial charge is 0.124 e. The average Bonchev–Trinajstić information content (AvgIpc) is 2.50. The number of rotatable bonds is 4. The monoisotopic (exact) mass is 287 g/mol. The maximum Gasteiger partial charge on any atom is 0.124 e. The molecule has 2 nitrogen and oxygen atoms in total. The molecule has 116 valence electrons. The summed E-state index contributed by atoms with van der Waals surface area (Å²) in [7, 11) is 1.77. The largest absolute Gasteiger partial charge is 0.303 e. The zero-order valence-electron chi connectivity index (χ0n) is 14.4. The molecule has 2 heteroatoms. The molecule has 0 spiro atoms. The fourth-order valence-corrected chi connectivity index (χ4v) is 1.21. The molecule has 0 bridgehead atoms. The molecular formula is C19H29NO. The lowest BCUT2D eigenvalue weighted by atomic mass is 10.1. The van der Waals surface area contributed by atoms with Crippen molar-refractivity contribution in [1.29, 1.82) is 0 Å². The highest BCUT2D eigenvalue weighted by Crippen LogP contribution is 2.12. The maximum absolute atomic E-state index is 10.2. The van der Waals surface area contributed by atoms with Gasteiger partial charge >= 0.3 is 0 Å². The van der Waals surface area contributed by atoms with Crippen molar-refractivity contribution in [2.45, 2.75) is 41.0 Å². The van der Waals surface area contributed by atoms with Crippen LogP contribution >= 0.6 is 0 Å². The van der Waals surface area contributed by atoms with Crippen LogP contribution in [0.4, 0.5) is 0 Å². The molecule has 0 saturated heterocycles. The van der Waals surface area contributed by atoms with Gasteiger partial charge in [-0.1, -0.05) is 56.8 Å². The Hall–Kier alpha value is -1.96. The molecule has 0 fully saturated rings. The van der Waals surface area contributed by atoms with Crippen molar-refractivity contribution in [3.63, 3.8) is 0 Å². The SMILES string of the molecule is C=C(C)C(C)=NC.C=C(C)c1ccc(CC=O)cc1.CC. The summed E-state index contributed by atoms with van der Waals surface area (Å²) in [5.41, 5.74) is 5.30. The summed E-state index contributed by atoms with van der Waals surface area (Å²) in [5.74, 6) is 0. The van der Waals surface area contributed by atoms with Gasteiger partial charge < -0.3 is 4.79 Å². The first-order valence-corrected chi connectivity index (χ1v) is 7.20. The van der Waals surface area contributed by atoms with Crippen molar-refractivity contribution in [1.82, 2.24) is 0 Å². The minimum absolute atomic E-state index is 0.496. The van der Waals surface area contributed by atoms with E-state index in [0.717, 1.165) is 34.3 Å². The molecule has 0 unspecified atom stereocenters. The Morgan fingerprint density at radius 2 is 1.57 bits per heavy atom. The van der Waals surface area contributed by atoms with Crippen LogP contribution in [0.2, 0.25) is 0 Å². The van der Waals surface area contributed by atoms with Crippen LogP contribution < -0.4 is 0 Å². The second-order valence-electron chi connectivity index (χ2n) is 4.44. The Balaban J connectivity index is 0. The van der Waals surface area contributed by atoms with E-state index in [1.807, 2.05) is 58.9 Å². The van der Waals surface area contributed by atoms with E-state index >= 15 is 0 Å². The standard InChI is InChI=1S/C11H12O.C6H11N.C2H6/c1-9(2)11-5-3-10(4-6-11)7-8-12;1-5(2)6(3)7-4;1-2/h3-6,8H,1,7H2,2H3;1H2,2-4H3;1-2H3. The number of aldehydes is 1. The molecule has 0 amide bonds. The maximum atomic E-state index is 10.2. The number of carbonyl (C=O) groups is 1. The quantitative estimate of drug-likeness (QED) is 0.557. The number of allylic oxidation sites excluding steroid dienone is 2. The zero-order chi connectivity index (χ0) is 16.8. The Morgan fingerprint density at radius 3 is 1.81 bits per heavy atom. The van der Waals surface area contributed by atoms with Crippen LogP contribution in [-0.4, -0.2) is 19.0 Å². The molecule has 0 atom stereocenters. The molecule has 1 aromatic carbocycles. The lowest BCUT2D eigenvalue weighted by molar-refractivity contribution is -0.107. The van der Waals surface area contributed by atoms with Crippen LogP contribution in [-0.2, 0) is 11.2 Å². The molecule has 0 saturated carbocycles. The minimum atomic E-state index is 0.496. The summed E-state index contributed by atoms with van der Waals surface area (Å²) < 4.78 is 0. The van der Waals surface area contributed by atoms with Gasteiger partial charge in [0.15, 0.2) is 0 Å². The van der Waals surface area contributed by atoms with E-state index in [1.54, 1.807) is 7.05 Å². The highest BCUT2D eigenvalue weighted by Gasteiger charge is 1.93. The van der Waals surface area contributed by atoms with Gasteiger partial charge in [0.1, 0.15) is 6.29 Å². The summed E-state index contributed by atoms with van der Waals surface area (Å²) in [4.78, 5) is 14.1. The number of benzene rings is 1. The van der Waals surface area contributed by atoms with Crippen LogP contribution in [0.25, 0.3) is 5.57 Å². The molecule has 0 N–H and O–H groups in total. The summed E-state index contributed by atoms with van der Waals surface area (Å²) in [6.45, 7) is 17.4. The third kappa shape index (κ3) is 10.5. The Morgan fingerprint density at radius 1 is 1.10 bits per heavy atom. The molecule has 0 radical (unpaired) electrons. The zero-order valence-corrected chi connectivity index (χ0v) is 14.4. The second-order valence-corrected chi connectivity index (χ2v) is 4.44. The number of nitrogens with zero attached hydrogens (tertiary/aromatic N) is 1. The van der Waals surface area contributed by atoms with Crippen molar-refractivity contribution < 1.29 is 4.79 Å². The van der Waals surface area contributed by atoms with E-state index in [1.165, 1.54) is 0 Å². The van der Waals surface area contributed by atoms with Gasteiger partial charge in [-0.25, -0.2) is 0 Å². The number of hydrogen-bond donors (Lipinski definition) is 0. The normalized spacial score (nSPS) is 9.52. The van der Waals surface area contributed by atoms with E-state index in [4.69, 9.17) is 0 Å². The molecule has 1 rings (SSSR count). The lowest BCUT2D eigenvalue weighted by Crippen LogP contribution is -1.88. The van der Waals surface area contributed by atoms with Gasteiger partial charge in [0.05, 0.1) is 0 Å². The van der Waals surface area contributed by atoms with Crippen molar-refractivity contribution in [3.05, 3.63) is 54.1 Å². The van der Waals surface area contributed by atoms with Crippen molar-refractivity contribution >= 4 is 17.6 Å². The summed E-state index contributed by atoms with van der Waals surface area (Å²) in [6, 6.07) is 7.89. The van der Waals surface area contributed by atoms with Crippen LogP contribution in [0.1, 0.15) is 45.7 Å². The lowest BCUT2D eigenvalue weighted by Gasteiger charge is -1.99. The van der Waals surface area contributed by atoms with Gasteiger partial charge in [0, 0.05) is 19.2 Å². The number of aliphatic imine (C=N–C) groups is 1. The van der Waals surface area contributed by atoms with Crippen molar-refractivity contribution in [3.8, 4) is 0 Å². The Labute approximate surface area is 130 Å². The van der Waals surface area contributed by atoms with E-state index in [0.29, 0.717) is 6.42 Å². The number of hydrogen-bond acceptors (Lipinski definition) is 2. The first-order valence-electron chi connectivity index (χ1n) is 7.20. The van der Waals surface area contributed by atoms with Crippen molar-refractivity contribution in [2.24, 2.45) is 4.99 Å². The van der Waals surface area contributed by atoms with Gasteiger partial charge in [-0.2, -0.15) is 0 Å². The molecule has 0 aliphatic heterocycles. The van der Waals surface area contributed by atoms with Gasteiger partial charge in [0.25, 0.3) is 0 Å². The highest BCUT2D eigenvalue weighted by atomic mass is 16.1. The van der Waals surface area contributed by atoms with Crippen LogP contribution in [0.3, 0.4) is 0 Å². The van der Waals surface area contributed by atoms with Gasteiger partial charge in [-0.05, 0) is 37.5 Å². The predicted octanol–water partition coefficient (Wildman–Crippen LogP) is 5.14. The van der Waals surface area contributed by atoms with Crippen LogP contribution in [0.5, 0.6) is 0 Å². The summed E-state index contributed by atoms with van der Waals surface area (Å²) in [5, 5.41) is 0. The van der Waals surface area contributed by atoms with E-state index in [-0.39, 0.29) is 0 Å². The van der Waals surface area contributed by atoms with Crippen LogP contribution in [0, 0.1) is 0 Å². The topological polar surface area (TPSA) is 29.4 Å². The predicted molar refractivity (Wildman–Crippen MR) is 96.1 cm³/mol. The fourth-order valence-electron chi connectivity index (χ4n) is 1.21. The van der Waals surface area contributed by atoms with Gasteiger partial charge in [-0.15, -0.1) is 0 Å². The molecule has 21 heavy (non-hydrogen) atoms. The van der Waals surface area contributed by atoms with Crippen LogP contribution in [0.15, 0.2) is 48.0 Å². The molecular weight excluding hydrogens is 258 g/mol. The molecule has 0 aliphatic carbocycles. The second kappa shape index (κ2) is 13.0. The summed E-state index contributed by atoms with van der Waals surface area (Å²) >= 11 is 0. The van der Waals surface area contributed by atoms with Crippen molar-refractivity contribution in [2.75, 3.05) is 7.05 Å². The van der Waals surface area contributed by atoms with Gasteiger partial charge in [-0.3, -0.25) is 4.99 Å². The van der Waals surface area contributed by atoms with Gasteiger partial charge in [0.2, 0.25) is 0 Å². The minimum Gasteiger partial charge on any atom is -0.303 e. The third-order valence-corrected chi connectivity index (χ3v) is 2.72. The Kier molecular flexibility index (Phi) is 13.3. The molecule has 1 aromatic rings. The Bertz CT molecular complexity index is 467. The number of carbonyl (C=O) groups excluding carboxylic acids is 1. The molecule has 0 aromatic heterocycles. The van der Waals surface area contributed by atoms with E-state index in [2.05, 4.69) is 18.2 Å². The van der Waals surface area contributed by atoms with E-state index < -0.39 is 0 Å². The first kappa shape index (κ1) is 21.3. The fraction of sp³-hybridized carbons (Fsp3) is 0.368. The molecule has 0 heterocycles. The summed E-state index contributed by atoms with van der Waals surface area (Å²) in [6.07, 6.45) is 1.41. The third-order valence-electron chi connectivity index (χ3n) is 2.72.